The molecule has 0 rings (SSSR count). The minimum absolute atomic E-state index is 0.177. The minimum atomic E-state index is 0.177. The number of hydrogen-bond acceptors (Lipinski definition) is 3. The minimum Gasteiger partial charge on any atom is -0.396 e. The van der Waals surface area contributed by atoms with Crippen molar-refractivity contribution in [3.05, 3.63) is 24.8 Å². The van der Waals surface area contributed by atoms with E-state index >= 15 is 0 Å². The van der Waals surface area contributed by atoms with Crippen LogP contribution in [0.15, 0.2) is 24.8 Å². The zero-order chi connectivity index (χ0) is 12.2. The van der Waals surface area contributed by atoms with Gasteiger partial charge in [-0.1, -0.05) is 18.2 Å². The molecule has 0 saturated heterocycles. The topological polar surface area (TPSA) is 38.7 Å². The summed E-state index contributed by atoms with van der Waals surface area (Å²) in [6, 6.07) is 0. The molecule has 0 spiro atoms. The van der Waals surface area contributed by atoms with Crippen LogP contribution in [0.4, 0.5) is 0 Å². The smallest absolute Gasteiger partial charge is 0.147 e. The van der Waals surface area contributed by atoms with Crippen LogP contribution in [0.3, 0.4) is 0 Å². The van der Waals surface area contributed by atoms with E-state index in [1.54, 1.807) is 6.08 Å². The summed E-state index contributed by atoms with van der Waals surface area (Å²) in [4.78, 5) is 0. The summed E-state index contributed by atoms with van der Waals surface area (Å²) in [6.07, 6.45) is 7.90. The largest absolute Gasteiger partial charge is 0.396 e. The van der Waals surface area contributed by atoms with Crippen molar-refractivity contribution < 1.29 is 14.6 Å². The van der Waals surface area contributed by atoms with Crippen LogP contribution in [0.2, 0.25) is 0 Å². The molecule has 0 aliphatic heterocycles. The van der Waals surface area contributed by atoms with E-state index in [0.29, 0.717) is 13.4 Å². The van der Waals surface area contributed by atoms with Gasteiger partial charge in [-0.05, 0) is 32.6 Å². The van der Waals surface area contributed by atoms with Crippen LogP contribution in [0.1, 0.15) is 26.7 Å². The summed E-state index contributed by atoms with van der Waals surface area (Å²) in [5.41, 5.74) is 0. The van der Waals surface area contributed by atoms with Gasteiger partial charge in [-0.15, -0.1) is 6.58 Å². The van der Waals surface area contributed by atoms with Crippen molar-refractivity contribution in [2.75, 3.05) is 20.0 Å². The molecule has 1 N–H and O–H groups in total. The standard InChI is InChI=1S/C13H24O3/c1-4-13(10-14)8-6-5-7-9-15-11-16-12(2)3/h4-5,7,12-14H,1,6,8-11H2,2-3H3/b7-5+. The molecule has 0 bridgehead atoms. The average Bonchev–Trinajstić information content (AvgIpc) is 2.27. The number of rotatable bonds is 10. The zero-order valence-electron chi connectivity index (χ0n) is 10.4. The highest BCUT2D eigenvalue weighted by atomic mass is 16.7. The Morgan fingerprint density at radius 1 is 1.31 bits per heavy atom. The summed E-state index contributed by atoms with van der Waals surface area (Å²) in [5.74, 6) is 0.204. The third-order valence-electron chi connectivity index (χ3n) is 2.14. The van der Waals surface area contributed by atoms with E-state index in [4.69, 9.17) is 14.6 Å². The van der Waals surface area contributed by atoms with E-state index in [1.165, 1.54) is 0 Å². The van der Waals surface area contributed by atoms with E-state index in [-0.39, 0.29) is 18.6 Å². The maximum atomic E-state index is 8.91. The molecule has 1 atom stereocenters. The van der Waals surface area contributed by atoms with Gasteiger partial charge in [-0.25, -0.2) is 0 Å². The predicted molar refractivity (Wildman–Crippen MR) is 66.2 cm³/mol. The fraction of sp³-hybridized carbons (Fsp3) is 0.692. The monoisotopic (exact) mass is 228 g/mol. The Labute approximate surface area is 98.8 Å². The van der Waals surface area contributed by atoms with Gasteiger partial charge in [0.15, 0.2) is 0 Å². The maximum Gasteiger partial charge on any atom is 0.147 e. The summed E-state index contributed by atoms with van der Waals surface area (Å²) in [5, 5.41) is 8.91. The highest BCUT2D eigenvalue weighted by Gasteiger charge is 1.98. The number of aliphatic hydroxyl groups excluding tert-OH is 1. The first-order valence-corrected chi connectivity index (χ1v) is 5.78. The average molecular weight is 228 g/mol. The molecule has 94 valence electrons. The zero-order valence-corrected chi connectivity index (χ0v) is 10.4. The summed E-state index contributed by atoms with van der Waals surface area (Å²) in [6.45, 7) is 8.71. The van der Waals surface area contributed by atoms with Crippen LogP contribution < -0.4 is 0 Å². The van der Waals surface area contributed by atoms with Crippen LogP contribution in [-0.4, -0.2) is 31.2 Å². The second-order valence-corrected chi connectivity index (χ2v) is 3.93. The Kier molecular flexibility index (Phi) is 10.4. The van der Waals surface area contributed by atoms with Gasteiger partial charge in [0.2, 0.25) is 0 Å². The molecule has 0 radical (unpaired) electrons. The maximum absolute atomic E-state index is 8.91. The molecular formula is C13H24O3. The number of aliphatic hydroxyl groups is 1. The molecule has 0 aliphatic carbocycles. The van der Waals surface area contributed by atoms with Gasteiger partial charge < -0.3 is 14.6 Å². The molecule has 3 nitrogen and oxygen atoms in total. The van der Waals surface area contributed by atoms with Gasteiger partial charge >= 0.3 is 0 Å². The SMILES string of the molecule is C=CC(CO)CC/C=C/COCOC(C)C. The van der Waals surface area contributed by atoms with E-state index in [0.717, 1.165) is 12.8 Å². The first kappa shape index (κ1) is 15.4. The molecule has 0 aromatic carbocycles. The molecule has 0 fully saturated rings. The quantitative estimate of drug-likeness (QED) is 0.355. The Morgan fingerprint density at radius 3 is 2.62 bits per heavy atom. The highest BCUT2D eigenvalue weighted by molar-refractivity contribution is 4.85. The van der Waals surface area contributed by atoms with Gasteiger partial charge in [0.1, 0.15) is 6.79 Å². The number of ether oxygens (including phenoxy) is 2. The molecule has 3 heteroatoms. The molecule has 0 heterocycles. The first-order chi connectivity index (χ1) is 7.70. The number of hydrogen-bond donors (Lipinski definition) is 1. The van der Waals surface area contributed by atoms with Crippen molar-refractivity contribution in [1.29, 1.82) is 0 Å². The van der Waals surface area contributed by atoms with Gasteiger partial charge in [0, 0.05) is 6.61 Å². The second-order valence-electron chi connectivity index (χ2n) is 3.93. The third kappa shape index (κ3) is 9.90. The molecule has 1 unspecified atom stereocenters. The fourth-order valence-electron chi connectivity index (χ4n) is 1.08. The van der Waals surface area contributed by atoms with Crippen LogP contribution in [0.5, 0.6) is 0 Å². The lowest BCUT2D eigenvalue weighted by Gasteiger charge is -2.06. The molecule has 0 aromatic rings. The van der Waals surface area contributed by atoms with Crippen molar-refractivity contribution in [3.63, 3.8) is 0 Å². The van der Waals surface area contributed by atoms with E-state index in [9.17, 15) is 0 Å². The molecule has 0 saturated carbocycles. The lowest BCUT2D eigenvalue weighted by Crippen LogP contribution is -2.06. The normalized spacial score (nSPS) is 13.5. The van der Waals surface area contributed by atoms with Crippen molar-refractivity contribution in [3.8, 4) is 0 Å². The third-order valence-corrected chi connectivity index (χ3v) is 2.14. The summed E-state index contributed by atoms with van der Waals surface area (Å²) in [7, 11) is 0. The highest BCUT2D eigenvalue weighted by Crippen LogP contribution is 2.06. The molecule has 0 aromatic heterocycles. The molecular weight excluding hydrogens is 204 g/mol. The van der Waals surface area contributed by atoms with Crippen LogP contribution >= 0.6 is 0 Å². The van der Waals surface area contributed by atoms with Crippen molar-refractivity contribution in [2.24, 2.45) is 5.92 Å². The summed E-state index contributed by atoms with van der Waals surface area (Å²) >= 11 is 0. The van der Waals surface area contributed by atoms with Crippen molar-refractivity contribution in [1.82, 2.24) is 0 Å². The van der Waals surface area contributed by atoms with Gasteiger partial charge in [0.25, 0.3) is 0 Å². The summed E-state index contributed by atoms with van der Waals surface area (Å²) < 4.78 is 10.4. The Bertz CT molecular complexity index is 188. The molecule has 0 aliphatic rings. The van der Waals surface area contributed by atoms with Gasteiger partial charge in [-0.3, -0.25) is 0 Å². The van der Waals surface area contributed by atoms with E-state index < -0.39 is 0 Å². The van der Waals surface area contributed by atoms with E-state index in [2.05, 4.69) is 12.7 Å². The molecule has 0 amide bonds. The Hall–Kier alpha value is -0.640. The fourth-order valence-corrected chi connectivity index (χ4v) is 1.08. The van der Waals surface area contributed by atoms with Crippen molar-refractivity contribution >= 4 is 0 Å². The van der Waals surface area contributed by atoms with Crippen LogP contribution in [-0.2, 0) is 9.47 Å². The Morgan fingerprint density at radius 2 is 2.06 bits per heavy atom. The Balaban J connectivity index is 3.31. The molecule has 16 heavy (non-hydrogen) atoms. The van der Waals surface area contributed by atoms with E-state index in [1.807, 2.05) is 19.9 Å². The van der Waals surface area contributed by atoms with Crippen molar-refractivity contribution in [2.45, 2.75) is 32.8 Å². The van der Waals surface area contributed by atoms with Gasteiger partial charge in [0.05, 0.1) is 12.7 Å². The van der Waals surface area contributed by atoms with Crippen LogP contribution in [0.25, 0.3) is 0 Å². The first-order valence-electron chi connectivity index (χ1n) is 5.78. The lowest BCUT2D eigenvalue weighted by molar-refractivity contribution is -0.0701. The number of allylic oxidation sites excluding steroid dienone is 1. The second kappa shape index (κ2) is 10.9. The van der Waals surface area contributed by atoms with Gasteiger partial charge in [-0.2, -0.15) is 0 Å². The predicted octanol–water partition coefficient (Wildman–Crippen LogP) is 2.52. The van der Waals surface area contributed by atoms with Crippen LogP contribution in [0, 0.1) is 5.92 Å². The lowest BCUT2D eigenvalue weighted by atomic mass is 10.0.